The van der Waals surface area contributed by atoms with Crippen LogP contribution in [0.25, 0.3) is 11.4 Å². The van der Waals surface area contributed by atoms with E-state index in [1.54, 1.807) is 0 Å². The molecule has 1 aliphatic rings. The first-order valence-electron chi connectivity index (χ1n) is 7.39. The molecule has 1 aliphatic heterocycles. The average molecular weight is 353 g/mol. The third kappa shape index (κ3) is 3.68. The summed E-state index contributed by atoms with van der Waals surface area (Å²) < 4.78 is 45.3. The quantitative estimate of drug-likeness (QED) is 0.899. The van der Waals surface area contributed by atoms with Crippen molar-refractivity contribution in [2.45, 2.75) is 6.18 Å². The molecular weight excluding hydrogens is 339 g/mol. The van der Waals surface area contributed by atoms with Crippen LogP contribution in [0.2, 0.25) is 0 Å². The SMILES string of the molecule is NC(=O)c1cncc(-c2nc(N3CCOCC3)ccc2C(F)(F)F)n1. The molecule has 132 valence electrons. The van der Waals surface area contributed by atoms with Crippen molar-refractivity contribution in [1.29, 1.82) is 0 Å². The Morgan fingerprint density at radius 2 is 1.88 bits per heavy atom. The number of primary amides is 1. The minimum Gasteiger partial charge on any atom is -0.378 e. The number of morpholine rings is 1. The van der Waals surface area contributed by atoms with E-state index in [1.165, 1.54) is 6.07 Å². The van der Waals surface area contributed by atoms with Crippen LogP contribution in [0.4, 0.5) is 19.0 Å². The van der Waals surface area contributed by atoms with Crippen LogP contribution in [0.1, 0.15) is 16.1 Å². The molecule has 2 N–H and O–H groups in total. The molecule has 1 saturated heterocycles. The summed E-state index contributed by atoms with van der Waals surface area (Å²) in [6, 6.07) is 2.26. The molecule has 0 saturated carbocycles. The number of aromatic nitrogens is 3. The summed E-state index contributed by atoms with van der Waals surface area (Å²) in [5.41, 5.74) is 3.37. The monoisotopic (exact) mass is 353 g/mol. The fourth-order valence-corrected chi connectivity index (χ4v) is 2.44. The number of nitrogens with zero attached hydrogens (tertiary/aromatic N) is 4. The number of rotatable bonds is 3. The molecule has 3 heterocycles. The Morgan fingerprint density at radius 3 is 2.52 bits per heavy atom. The molecule has 0 aliphatic carbocycles. The smallest absolute Gasteiger partial charge is 0.378 e. The van der Waals surface area contributed by atoms with Crippen molar-refractivity contribution in [1.82, 2.24) is 15.0 Å². The van der Waals surface area contributed by atoms with E-state index in [-0.39, 0.29) is 11.4 Å². The highest BCUT2D eigenvalue weighted by atomic mass is 19.4. The fraction of sp³-hybridized carbons (Fsp3) is 0.333. The first-order valence-corrected chi connectivity index (χ1v) is 7.39. The van der Waals surface area contributed by atoms with Gasteiger partial charge in [-0.05, 0) is 12.1 Å². The second kappa shape index (κ2) is 6.63. The van der Waals surface area contributed by atoms with Gasteiger partial charge in [-0.1, -0.05) is 0 Å². The molecule has 1 amide bonds. The number of alkyl halides is 3. The summed E-state index contributed by atoms with van der Waals surface area (Å²) in [4.78, 5) is 24.8. The molecule has 25 heavy (non-hydrogen) atoms. The number of carbonyl (C=O) groups is 1. The Bertz CT molecular complexity index is 791. The van der Waals surface area contributed by atoms with Gasteiger partial charge in [-0.25, -0.2) is 9.97 Å². The fourth-order valence-electron chi connectivity index (χ4n) is 2.44. The lowest BCUT2D eigenvalue weighted by Gasteiger charge is -2.28. The van der Waals surface area contributed by atoms with Gasteiger partial charge >= 0.3 is 6.18 Å². The Kier molecular flexibility index (Phi) is 4.53. The van der Waals surface area contributed by atoms with E-state index in [2.05, 4.69) is 15.0 Å². The van der Waals surface area contributed by atoms with E-state index in [1.807, 2.05) is 4.90 Å². The van der Waals surface area contributed by atoms with Crippen LogP contribution in [0.15, 0.2) is 24.5 Å². The molecule has 0 aromatic carbocycles. The molecule has 0 bridgehead atoms. The zero-order valence-corrected chi connectivity index (χ0v) is 13.0. The summed E-state index contributed by atoms with van der Waals surface area (Å²) >= 11 is 0. The largest absolute Gasteiger partial charge is 0.418 e. The van der Waals surface area contributed by atoms with Crippen LogP contribution in [0.5, 0.6) is 0 Å². The molecule has 0 radical (unpaired) electrons. The molecule has 1 fully saturated rings. The van der Waals surface area contributed by atoms with E-state index in [4.69, 9.17) is 10.5 Å². The van der Waals surface area contributed by atoms with Gasteiger partial charge in [-0.2, -0.15) is 13.2 Å². The number of pyridine rings is 1. The minimum atomic E-state index is -4.63. The van der Waals surface area contributed by atoms with Gasteiger partial charge in [0.05, 0.1) is 31.2 Å². The average Bonchev–Trinajstić information content (AvgIpc) is 2.61. The number of hydrogen-bond donors (Lipinski definition) is 1. The molecule has 0 atom stereocenters. The third-order valence-electron chi connectivity index (χ3n) is 3.65. The van der Waals surface area contributed by atoms with Gasteiger partial charge in [0.15, 0.2) is 0 Å². The lowest BCUT2D eigenvalue weighted by atomic mass is 10.1. The summed E-state index contributed by atoms with van der Waals surface area (Å²) in [7, 11) is 0. The first-order chi connectivity index (χ1) is 11.9. The van der Waals surface area contributed by atoms with Crippen molar-refractivity contribution in [2.75, 3.05) is 31.2 Å². The summed E-state index contributed by atoms with van der Waals surface area (Å²) in [5.74, 6) is -0.509. The van der Waals surface area contributed by atoms with Crippen molar-refractivity contribution in [3.63, 3.8) is 0 Å². The number of anilines is 1. The molecule has 0 unspecified atom stereocenters. The van der Waals surface area contributed by atoms with Gasteiger partial charge < -0.3 is 15.4 Å². The number of amides is 1. The van der Waals surface area contributed by atoms with Crippen molar-refractivity contribution in [3.8, 4) is 11.4 Å². The number of carbonyl (C=O) groups excluding carboxylic acids is 1. The zero-order chi connectivity index (χ0) is 18.0. The van der Waals surface area contributed by atoms with Crippen molar-refractivity contribution >= 4 is 11.7 Å². The van der Waals surface area contributed by atoms with Crippen molar-refractivity contribution < 1.29 is 22.7 Å². The number of nitrogens with two attached hydrogens (primary N) is 1. The molecule has 0 spiro atoms. The summed E-state index contributed by atoms with van der Waals surface area (Å²) in [6.45, 7) is 1.97. The second-order valence-corrected chi connectivity index (χ2v) is 5.32. The maximum Gasteiger partial charge on any atom is 0.418 e. The van der Waals surface area contributed by atoms with Crippen molar-refractivity contribution in [2.24, 2.45) is 5.73 Å². The molecular formula is C15H14F3N5O2. The summed E-state index contributed by atoms with van der Waals surface area (Å²) in [5, 5.41) is 0. The first kappa shape index (κ1) is 17.1. The number of halogens is 3. The van der Waals surface area contributed by atoms with E-state index < -0.39 is 23.3 Å². The van der Waals surface area contributed by atoms with E-state index >= 15 is 0 Å². The van der Waals surface area contributed by atoms with E-state index in [9.17, 15) is 18.0 Å². The van der Waals surface area contributed by atoms with Crippen LogP contribution >= 0.6 is 0 Å². The Balaban J connectivity index is 2.10. The summed E-state index contributed by atoms with van der Waals surface area (Å²) in [6.07, 6.45) is -2.42. The highest BCUT2D eigenvalue weighted by molar-refractivity contribution is 5.90. The van der Waals surface area contributed by atoms with E-state index in [0.29, 0.717) is 32.1 Å². The maximum atomic E-state index is 13.4. The third-order valence-corrected chi connectivity index (χ3v) is 3.65. The normalized spacial score (nSPS) is 15.2. The second-order valence-electron chi connectivity index (χ2n) is 5.32. The van der Waals surface area contributed by atoms with Crippen LogP contribution in [-0.2, 0) is 10.9 Å². The highest BCUT2D eigenvalue weighted by Crippen LogP contribution is 2.36. The molecule has 2 aromatic rings. The van der Waals surface area contributed by atoms with Gasteiger partial charge in [-0.3, -0.25) is 9.78 Å². The Morgan fingerprint density at radius 1 is 1.16 bits per heavy atom. The lowest BCUT2D eigenvalue weighted by Crippen LogP contribution is -2.36. The minimum absolute atomic E-state index is 0.168. The van der Waals surface area contributed by atoms with Gasteiger partial charge in [-0.15, -0.1) is 0 Å². The van der Waals surface area contributed by atoms with Crippen LogP contribution in [-0.4, -0.2) is 47.2 Å². The molecule has 2 aromatic heterocycles. The van der Waals surface area contributed by atoms with Crippen LogP contribution < -0.4 is 10.6 Å². The molecule has 10 heteroatoms. The topological polar surface area (TPSA) is 94.2 Å². The standard InChI is InChI=1S/C15H14F3N5O2/c16-15(17,18)9-1-2-12(23-3-5-25-6-4-23)22-13(9)10-7-20-8-11(21-10)14(19)24/h1-2,7-8H,3-6H2,(H2,19,24). The van der Waals surface area contributed by atoms with Gasteiger partial charge in [0.1, 0.15) is 22.9 Å². The Labute approximate surface area is 140 Å². The van der Waals surface area contributed by atoms with Crippen LogP contribution in [0, 0.1) is 0 Å². The van der Waals surface area contributed by atoms with Crippen molar-refractivity contribution in [3.05, 3.63) is 35.8 Å². The van der Waals surface area contributed by atoms with E-state index in [0.717, 1.165) is 18.5 Å². The maximum absolute atomic E-state index is 13.4. The number of hydrogen-bond acceptors (Lipinski definition) is 6. The number of ether oxygens (including phenoxy) is 1. The van der Waals surface area contributed by atoms with Crippen LogP contribution in [0.3, 0.4) is 0 Å². The lowest BCUT2D eigenvalue weighted by molar-refractivity contribution is -0.137. The molecule has 3 rings (SSSR count). The predicted octanol–water partition coefficient (Wildman–Crippen LogP) is 1.49. The zero-order valence-electron chi connectivity index (χ0n) is 13.0. The van der Waals surface area contributed by atoms with Gasteiger partial charge in [0.2, 0.25) is 0 Å². The highest BCUT2D eigenvalue weighted by Gasteiger charge is 2.35. The van der Waals surface area contributed by atoms with Gasteiger partial charge in [0.25, 0.3) is 5.91 Å². The Hall–Kier alpha value is -2.75. The van der Waals surface area contributed by atoms with Gasteiger partial charge in [0, 0.05) is 13.1 Å². The molecule has 7 nitrogen and oxygen atoms in total. The predicted molar refractivity (Wildman–Crippen MR) is 81.8 cm³/mol.